The Morgan fingerprint density at radius 1 is 1.03 bits per heavy atom. The molecular weight excluding hydrogens is 458 g/mol. The molecule has 1 N–H and O–H groups in total. The van der Waals surface area contributed by atoms with Gasteiger partial charge in [0.15, 0.2) is 0 Å². The average molecular weight is 484 g/mol. The van der Waals surface area contributed by atoms with E-state index in [1.807, 2.05) is 24.3 Å². The fraction of sp³-hybridized carbons (Fsp3) is 0.208. The highest BCUT2D eigenvalue weighted by Crippen LogP contribution is 2.26. The van der Waals surface area contributed by atoms with Crippen LogP contribution in [0.4, 0.5) is 11.4 Å². The molecule has 9 nitrogen and oxygen atoms in total. The van der Waals surface area contributed by atoms with Crippen molar-refractivity contribution in [2.45, 2.75) is 18.2 Å². The molecule has 0 aromatic heterocycles. The minimum absolute atomic E-state index is 0.0143. The molecule has 3 rings (SSSR count). The van der Waals surface area contributed by atoms with Gasteiger partial charge in [0.2, 0.25) is 5.91 Å². The molecular formula is C24H25N3O6S. The zero-order chi connectivity index (χ0) is 24.6. The summed E-state index contributed by atoms with van der Waals surface area (Å²) in [5.74, 6) is 0.0901. The molecule has 1 amide bonds. The Labute approximate surface area is 198 Å². The number of sulfonamides is 1. The molecule has 10 heteroatoms. The quantitative estimate of drug-likeness (QED) is 0.253. The maximum Gasteiger partial charge on any atom is 0.271 e. The van der Waals surface area contributed by atoms with E-state index >= 15 is 0 Å². The van der Waals surface area contributed by atoms with E-state index in [1.54, 1.807) is 18.2 Å². The lowest BCUT2D eigenvalue weighted by Crippen LogP contribution is -2.41. The number of non-ortho nitro benzene ring substituents is 1. The molecule has 0 unspecified atom stereocenters. The summed E-state index contributed by atoms with van der Waals surface area (Å²) in [6, 6.07) is 20.3. The minimum atomic E-state index is -4.15. The predicted octanol–water partition coefficient (Wildman–Crippen LogP) is 3.55. The van der Waals surface area contributed by atoms with E-state index in [-0.39, 0.29) is 29.4 Å². The molecule has 178 valence electrons. The number of ether oxygens (including phenoxy) is 1. The first-order valence-corrected chi connectivity index (χ1v) is 12.1. The molecule has 0 fully saturated rings. The summed E-state index contributed by atoms with van der Waals surface area (Å²) in [5, 5.41) is 13.8. The van der Waals surface area contributed by atoms with Crippen molar-refractivity contribution in [2.75, 3.05) is 24.0 Å². The summed E-state index contributed by atoms with van der Waals surface area (Å²) in [7, 11) is -4.15. The van der Waals surface area contributed by atoms with Gasteiger partial charge < -0.3 is 10.1 Å². The van der Waals surface area contributed by atoms with Gasteiger partial charge in [-0.15, -0.1) is 0 Å². The molecule has 0 saturated heterocycles. The van der Waals surface area contributed by atoms with Crippen LogP contribution >= 0.6 is 0 Å². The monoisotopic (exact) mass is 483 g/mol. The predicted molar refractivity (Wildman–Crippen MR) is 128 cm³/mol. The Bertz CT molecular complexity index is 1230. The summed E-state index contributed by atoms with van der Waals surface area (Å²) in [6.07, 6.45) is 0.920. The van der Waals surface area contributed by atoms with Gasteiger partial charge in [0, 0.05) is 12.1 Å². The Morgan fingerprint density at radius 3 is 2.38 bits per heavy atom. The second-order valence-corrected chi connectivity index (χ2v) is 9.16. The van der Waals surface area contributed by atoms with E-state index in [4.69, 9.17) is 4.74 Å². The number of amides is 1. The van der Waals surface area contributed by atoms with Crippen molar-refractivity contribution < 1.29 is 22.9 Å². The van der Waals surface area contributed by atoms with E-state index in [2.05, 4.69) is 12.2 Å². The number of hydrogen-bond donors (Lipinski definition) is 1. The second-order valence-electron chi connectivity index (χ2n) is 7.30. The van der Waals surface area contributed by atoms with Crippen LogP contribution < -0.4 is 14.4 Å². The first-order valence-electron chi connectivity index (χ1n) is 10.6. The molecule has 3 aromatic rings. The number of nitro groups is 1. The highest BCUT2D eigenvalue weighted by atomic mass is 32.2. The lowest BCUT2D eigenvalue weighted by molar-refractivity contribution is -0.384. The van der Waals surface area contributed by atoms with Gasteiger partial charge in [-0.1, -0.05) is 43.3 Å². The summed E-state index contributed by atoms with van der Waals surface area (Å²) in [6.45, 7) is 1.85. The molecule has 0 aliphatic carbocycles. The van der Waals surface area contributed by atoms with Gasteiger partial charge in [-0.25, -0.2) is 8.42 Å². The van der Waals surface area contributed by atoms with Crippen molar-refractivity contribution in [3.05, 3.63) is 94.5 Å². The Hall–Kier alpha value is -3.92. The van der Waals surface area contributed by atoms with Crippen LogP contribution in [0.15, 0.2) is 83.8 Å². The fourth-order valence-electron chi connectivity index (χ4n) is 3.16. The van der Waals surface area contributed by atoms with E-state index in [1.165, 1.54) is 35.9 Å². The van der Waals surface area contributed by atoms with Crippen LogP contribution in [-0.4, -0.2) is 38.9 Å². The molecule has 0 aliphatic heterocycles. The number of carbonyl (C=O) groups is 1. The molecule has 0 radical (unpaired) electrons. The molecule has 0 bridgehead atoms. The van der Waals surface area contributed by atoms with E-state index in [0.717, 1.165) is 16.8 Å². The molecule has 0 heterocycles. The number of nitro benzene ring substituents is 1. The number of nitrogens with zero attached hydrogens (tertiary/aromatic N) is 2. The molecule has 3 aromatic carbocycles. The normalized spacial score (nSPS) is 11.0. The molecule has 0 spiro atoms. The number of nitrogens with one attached hydrogen (secondary N) is 1. The van der Waals surface area contributed by atoms with Gasteiger partial charge in [0.25, 0.3) is 15.7 Å². The van der Waals surface area contributed by atoms with Crippen molar-refractivity contribution in [3.63, 3.8) is 0 Å². The number of anilines is 1. The zero-order valence-corrected chi connectivity index (χ0v) is 19.4. The SMILES string of the molecule is CCc1ccc(OCCNC(=O)CN(c2cccc([N+](=O)[O-])c2)S(=O)(=O)c2ccccc2)cc1. The van der Waals surface area contributed by atoms with Gasteiger partial charge in [-0.05, 0) is 42.3 Å². The lowest BCUT2D eigenvalue weighted by atomic mass is 10.2. The van der Waals surface area contributed by atoms with Crippen molar-refractivity contribution in [1.29, 1.82) is 0 Å². The fourth-order valence-corrected chi connectivity index (χ4v) is 4.60. The van der Waals surface area contributed by atoms with Gasteiger partial charge in [-0.2, -0.15) is 0 Å². The van der Waals surface area contributed by atoms with Crippen molar-refractivity contribution in [1.82, 2.24) is 5.32 Å². The second kappa shape index (κ2) is 11.3. The van der Waals surface area contributed by atoms with Crippen molar-refractivity contribution in [2.24, 2.45) is 0 Å². The number of carbonyl (C=O) groups excluding carboxylic acids is 1. The van der Waals surface area contributed by atoms with Crippen molar-refractivity contribution >= 4 is 27.3 Å². The van der Waals surface area contributed by atoms with Crippen LogP contribution in [0, 0.1) is 10.1 Å². The summed E-state index contributed by atoms with van der Waals surface area (Å²) in [5.41, 5.74) is 0.913. The Balaban J connectivity index is 1.71. The van der Waals surface area contributed by atoms with Gasteiger partial charge in [0.1, 0.15) is 18.9 Å². The molecule has 0 atom stereocenters. The maximum absolute atomic E-state index is 13.3. The van der Waals surface area contributed by atoms with Crippen LogP contribution in [0.5, 0.6) is 5.75 Å². The highest BCUT2D eigenvalue weighted by Gasteiger charge is 2.28. The number of aryl methyl sites for hydroxylation is 1. The standard InChI is InChI=1S/C24H25N3O6S/c1-2-19-11-13-22(14-12-19)33-16-15-25-24(28)18-26(20-7-6-8-21(17-20)27(29)30)34(31,32)23-9-4-3-5-10-23/h3-14,17H,2,15-16,18H2,1H3,(H,25,28). The number of rotatable bonds is 11. The van der Waals surface area contributed by atoms with E-state index < -0.39 is 27.4 Å². The largest absolute Gasteiger partial charge is 0.492 e. The average Bonchev–Trinajstić information content (AvgIpc) is 2.86. The van der Waals surface area contributed by atoms with Crippen LogP contribution in [0.3, 0.4) is 0 Å². The Morgan fingerprint density at radius 2 is 1.74 bits per heavy atom. The summed E-state index contributed by atoms with van der Waals surface area (Å²) >= 11 is 0. The number of hydrogen-bond acceptors (Lipinski definition) is 6. The topological polar surface area (TPSA) is 119 Å². The molecule has 34 heavy (non-hydrogen) atoms. The van der Waals surface area contributed by atoms with E-state index in [0.29, 0.717) is 5.75 Å². The minimum Gasteiger partial charge on any atom is -0.492 e. The van der Waals surface area contributed by atoms with Gasteiger partial charge >= 0.3 is 0 Å². The summed E-state index contributed by atoms with van der Waals surface area (Å²) in [4.78, 5) is 23.1. The van der Waals surface area contributed by atoms with Crippen LogP contribution in [0.25, 0.3) is 0 Å². The summed E-state index contributed by atoms with van der Waals surface area (Å²) < 4.78 is 33.0. The van der Waals surface area contributed by atoms with Crippen LogP contribution in [0.2, 0.25) is 0 Å². The third-order valence-electron chi connectivity index (χ3n) is 4.97. The van der Waals surface area contributed by atoms with Gasteiger partial charge in [-0.3, -0.25) is 19.2 Å². The highest BCUT2D eigenvalue weighted by molar-refractivity contribution is 7.92. The number of benzene rings is 3. The van der Waals surface area contributed by atoms with E-state index in [9.17, 15) is 23.3 Å². The third kappa shape index (κ3) is 6.32. The zero-order valence-electron chi connectivity index (χ0n) is 18.6. The van der Waals surface area contributed by atoms with Crippen molar-refractivity contribution in [3.8, 4) is 5.75 Å². The van der Waals surface area contributed by atoms with Crippen LogP contribution in [-0.2, 0) is 21.2 Å². The Kier molecular flexibility index (Phi) is 8.20. The first kappa shape index (κ1) is 24.7. The van der Waals surface area contributed by atoms with Crippen LogP contribution in [0.1, 0.15) is 12.5 Å². The smallest absolute Gasteiger partial charge is 0.271 e. The first-order chi connectivity index (χ1) is 16.3. The third-order valence-corrected chi connectivity index (χ3v) is 6.76. The molecule has 0 aliphatic rings. The maximum atomic E-state index is 13.3. The van der Waals surface area contributed by atoms with Gasteiger partial charge in [0.05, 0.1) is 22.1 Å². The lowest BCUT2D eigenvalue weighted by Gasteiger charge is -2.24. The molecule has 0 saturated carbocycles.